The Hall–Kier alpha value is -0.130. The lowest BCUT2D eigenvalue weighted by atomic mass is 9.81. The third kappa shape index (κ3) is 5.79. The Morgan fingerprint density at radius 1 is 1.05 bits per heavy atom. The van der Waals surface area contributed by atoms with Crippen molar-refractivity contribution in [2.45, 2.75) is 71.2 Å². The molecule has 1 rings (SSSR count). The van der Waals surface area contributed by atoms with Crippen molar-refractivity contribution in [3.63, 3.8) is 0 Å². The molecule has 0 heterocycles. The fourth-order valence-corrected chi connectivity index (χ4v) is 4.11. The molecule has 4 nitrogen and oxygen atoms in total. The van der Waals surface area contributed by atoms with E-state index < -0.39 is 10.0 Å². The molecule has 3 unspecified atom stereocenters. The van der Waals surface area contributed by atoms with Gasteiger partial charge in [-0.25, -0.2) is 13.1 Å². The van der Waals surface area contributed by atoms with Crippen molar-refractivity contribution in [3.8, 4) is 0 Å². The lowest BCUT2D eigenvalue weighted by molar-refractivity contribution is 0.257. The second-order valence-electron chi connectivity index (χ2n) is 6.65. The first-order chi connectivity index (χ1) is 8.70. The van der Waals surface area contributed by atoms with Gasteiger partial charge >= 0.3 is 0 Å². The highest BCUT2D eigenvalue weighted by molar-refractivity contribution is 7.90. The van der Waals surface area contributed by atoms with E-state index in [9.17, 15) is 8.42 Å². The Labute approximate surface area is 118 Å². The Morgan fingerprint density at radius 2 is 1.58 bits per heavy atom. The van der Waals surface area contributed by atoms with Crippen LogP contribution < -0.4 is 10.0 Å². The number of rotatable bonds is 6. The maximum atomic E-state index is 12.3. The highest BCUT2D eigenvalue weighted by Gasteiger charge is 2.29. The number of hydrogen-bond donors (Lipinski definition) is 2. The van der Waals surface area contributed by atoms with E-state index in [0.29, 0.717) is 24.4 Å². The average Bonchev–Trinajstić information content (AvgIpc) is 2.23. The molecule has 1 aliphatic carbocycles. The van der Waals surface area contributed by atoms with Gasteiger partial charge in [-0.1, -0.05) is 27.7 Å². The minimum Gasteiger partial charge on any atom is -0.313 e. The fourth-order valence-electron chi connectivity index (χ4n) is 2.90. The van der Waals surface area contributed by atoms with Gasteiger partial charge in [0.05, 0.1) is 5.25 Å². The molecule has 19 heavy (non-hydrogen) atoms. The van der Waals surface area contributed by atoms with Gasteiger partial charge in [0.15, 0.2) is 0 Å². The SMILES string of the molecule is CC1CC(C)CC(NS(=O)(=O)C(C)CNC(C)C)C1. The molecular weight excluding hydrogens is 260 g/mol. The van der Waals surface area contributed by atoms with Gasteiger partial charge in [-0.3, -0.25) is 0 Å². The van der Waals surface area contributed by atoms with E-state index in [1.807, 2.05) is 13.8 Å². The monoisotopic (exact) mass is 290 g/mol. The topological polar surface area (TPSA) is 58.2 Å². The maximum absolute atomic E-state index is 12.3. The largest absolute Gasteiger partial charge is 0.313 e. The molecule has 2 N–H and O–H groups in total. The molecule has 1 fully saturated rings. The first kappa shape index (κ1) is 16.9. The van der Waals surface area contributed by atoms with Crippen molar-refractivity contribution in [3.05, 3.63) is 0 Å². The van der Waals surface area contributed by atoms with Crippen molar-refractivity contribution < 1.29 is 8.42 Å². The molecular formula is C14H30N2O2S. The minimum absolute atomic E-state index is 0.116. The second-order valence-corrected chi connectivity index (χ2v) is 8.78. The normalized spacial score (nSPS) is 30.5. The number of nitrogens with one attached hydrogen (secondary N) is 2. The lowest BCUT2D eigenvalue weighted by Gasteiger charge is -2.32. The van der Waals surface area contributed by atoms with Crippen LogP contribution in [0.2, 0.25) is 0 Å². The van der Waals surface area contributed by atoms with Gasteiger partial charge in [-0.05, 0) is 38.0 Å². The summed E-state index contributed by atoms with van der Waals surface area (Å²) in [5, 5.41) is 2.80. The average molecular weight is 290 g/mol. The molecule has 3 atom stereocenters. The van der Waals surface area contributed by atoms with Gasteiger partial charge in [-0.15, -0.1) is 0 Å². The van der Waals surface area contributed by atoms with Crippen LogP contribution in [0.5, 0.6) is 0 Å². The van der Waals surface area contributed by atoms with Gasteiger partial charge in [0.25, 0.3) is 0 Å². The van der Waals surface area contributed by atoms with Gasteiger partial charge in [-0.2, -0.15) is 0 Å². The molecule has 0 aromatic heterocycles. The Morgan fingerprint density at radius 3 is 2.05 bits per heavy atom. The van der Waals surface area contributed by atoms with Crippen molar-refractivity contribution in [2.75, 3.05) is 6.54 Å². The molecule has 0 aromatic carbocycles. The summed E-state index contributed by atoms with van der Waals surface area (Å²) < 4.78 is 27.5. The highest BCUT2D eigenvalue weighted by atomic mass is 32.2. The van der Waals surface area contributed by atoms with Crippen LogP contribution in [0, 0.1) is 11.8 Å². The summed E-state index contributed by atoms with van der Waals surface area (Å²) in [7, 11) is -3.21. The zero-order chi connectivity index (χ0) is 14.6. The first-order valence-corrected chi connectivity index (χ1v) is 8.99. The first-order valence-electron chi connectivity index (χ1n) is 7.45. The Kier molecular flexibility index (Phi) is 6.27. The summed E-state index contributed by atoms with van der Waals surface area (Å²) in [6.07, 6.45) is 3.14. The van der Waals surface area contributed by atoms with Crippen LogP contribution in [0.15, 0.2) is 0 Å². The van der Waals surface area contributed by atoms with Crippen molar-refractivity contribution in [2.24, 2.45) is 11.8 Å². The van der Waals surface area contributed by atoms with E-state index in [0.717, 1.165) is 12.8 Å². The zero-order valence-corrected chi connectivity index (χ0v) is 13.8. The summed E-state index contributed by atoms with van der Waals surface area (Å²) in [5.41, 5.74) is 0. The van der Waals surface area contributed by atoms with Gasteiger partial charge in [0.1, 0.15) is 0 Å². The zero-order valence-electron chi connectivity index (χ0n) is 12.9. The third-order valence-corrected chi connectivity index (χ3v) is 5.74. The number of sulfonamides is 1. The predicted octanol–water partition coefficient (Wildman–Crippen LogP) is 2.12. The van der Waals surface area contributed by atoms with E-state index in [1.54, 1.807) is 6.92 Å². The van der Waals surface area contributed by atoms with Crippen LogP contribution in [0.25, 0.3) is 0 Å². The predicted molar refractivity (Wildman–Crippen MR) is 80.6 cm³/mol. The molecule has 0 spiro atoms. The summed E-state index contributed by atoms with van der Waals surface area (Å²) in [5.74, 6) is 1.22. The van der Waals surface area contributed by atoms with Crippen LogP contribution in [-0.4, -0.2) is 32.3 Å². The summed E-state index contributed by atoms with van der Waals surface area (Å²) >= 11 is 0. The third-order valence-electron chi connectivity index (χ3n) is 3.85. The van der Waals surface area contributed by atoms with Crippen LogP contribution in [0.3, 0.4) is 0 Å². The quantitative estimate of drug-likeness (QED) is 0.788. The van der Waals surface area contributed by atoms with Gasteiger partial charge in [0.2, 0.25) is 10.0 Å². The van der Waals surface area contributed by atoms with Crippen LogP contribution in [0.4, 0.5) is 0 Å². The fraction of sp³-hybridized carbons (Fsp3) is 1.00. The molecule has 0 aromatic rings. The molecule has 5 heteroatoms. The van der Waals surface area contributed by atoms with Crippen molar-refractivity contribution in [1.82, 2.24) is 10.0 Å². The van der Waals surface area contributed by atoms with Gasteiger partial charge < -0.3 is 5.32 Å². The maximum Gasteiger partial charge on any atom is 0.215 e. The second kappa shape index (κ2) is 7.04. The Bertz CT molecular complexity index is 358. The summed E-state index contributed by atoms with van der Waals surface area (Å²) in [4.78, 5) is 0. The van der Waals surface area contributed by atoms with E-state index in [4.69, 9.17) is 0 Å². The van der Waals surface area contributed by atoms with E-state index in [1.165, 1.54) is 6.42 Å². The smallest absolute Gasteiger partial charge is 0.215 e. The van der Waals surface area contributed by atoms with Crippen molar-refractivity contribution >= 4 is 10.0 Å². The lowest BCUT2D eigenvalue weighted by Crippen LogP contribution is -2.46. The van der Waals surface area contributed by atoms with Gasteiger partial charge in [0, 0.05) is 18.6 Å². The molecule has 1 saturated carbocycles. The van der Waals surface area contributed by atoms with Crippen LogP contribution in [0.1, 0.15) is 53.9 Å². The molecule has 0 radical (unpaired) electrons. The molecule has 0 aliphatic heterocycles. The van der Waals surface area contributed by atoms with E-state index in [2.05, 4.69) is 23.9 Å². The molecule has 0 bridgehead atoms. The minimum atomic E-state index is -3.21. The number of hydrogen-bond acceptors (Lipinski definition) is 3. The molecule has 0 amide bonds. The highest BCUT2D eigenvalue weighted by Crippen LogP contribution is 2.29. The van der Waals surface area contributed by atoms with E-state index in [-0.39, 0.29) is 11.3 Å². The Balaban J connectivity index is 2.53. The molecule has 0 saturated heterocycles. The standard InChI is InChI=1S/C14H30N2O2S/c1-10(2)15-9-13(5)19(17,18)16-14-7-11(3)6-12(4)8-14/h10-16H,6-9H2,1-5H3. The van der Waals surface area contributed by atoms with E-state index >= 15 is 0 Å². The molecule has 114 valence electrons. The van der Waals surface area contributed by atoms with Crippen molar-refractivity contribution in [1.29, 1.82) is 0 Å². The van der Waals surface area contributed by atoms with Crippen LogP contribution in [-0.2, 0) is 10.0 Å². The molecule has 1 aliphatic rings. The van der Waals surface area contributed by atoms with Crippen LogP contribution >= 0.6 is 0 Å². The summed E-state index contributed by atoms with van der Waals surface area (Å²) in [6.45, 7) is 10.7. The summed E-state index contributed by atoms with van der Waals surface area (Å²) in [6, 6.07) is 0.428.